The summed E-state index contributed by atoms with van der Waals surface area (Å²) in [5.74, 6) is 0. The molecule has 4 heterocycles. The molecule has 8 nitrogen and oxygen atoms in total. The van der Waals surface area contributed by atoms with E-state index in [1.54, 1.807) is 12.4 Å². The molecule has 312 valence electrons. The third kappa shape index (κ3) is 6.34. The molecule has 0 radical (unpaired) electrons. The van der Waals surface area contributed by atoms with Crippen LogP contribution in [0.2, 0.25) is 0 Å². The normalized spacial score (nSPS) is 15.5. The van der Waals surface area contributed by atoms with Gasteiger partial charge >= 0.3 is 0 Å². The summed E-state index contributed by atoms with van der Waals surface area (Å²) in [7, 11) is 4.04. The Morgan fingerprint density at radius 3 is 1.10 bits per heavy atom. The third-order valence-electron chi connectivity index (χ3n) is 12.1. The van der Waals surface area contributed by atoms with Crippen molar-refractivity contribution in [2.24, 2.45) is 0 Å². The molecule has 10 heteroatoms. The maximum Gasteiger partial charge on any atom is 0.0644 e. The number of benzene rings is 6. The van der Waals surface area contributed by atoms with Crippen LogP contribution >= 0.6 is 0 Å². The van der Waals surface area contributed by atoms with Crippen molar-refractivity contribution in [2.75, 3.05) is 23.9 Å². The quantitative estimate of drug-likeness (QED) is 0.153. The fraction of sp³-hybridized carbons (Fsp3) is 0.0769. The molecule has 0 saturated heterocycles. The van der Waals surface area contributed by atoms with Crippen LogP contribution in [0.5, 0.6) is 0 Å². The smallest absolute Gasteiger partial charge is 0.0644 e. The largest absolute Gasteiger partial charge is 0.581 e. The van der Waals surface area contributed by atoms with E-state index in [1.807, 2.05) is 74.2 Å². The van der Waals surface area contributed by atoms with E-state index >= 15 is 0 Å². The Bertz CT molecular complexity index is 2630. The predicted molar refractivity (Wildman–Crippen MR) is 235 cm³/mol. The van der Waals surface area contributed by atoms with E-state index in [0.717, 1.165) is 33.9 Å². The molecule has 0 amide bonds. The van der Waals surface area contributed by atoms with Crippen LogP contribution in [0, 0.1) is 25.5 Å². The van der Waals surface area contributed by atoms with Crippen LogP contribution in [-0.4, -0.2) is 34.1 Å². The van der Waals surface area contributed by atoms with Crippen molar-refractivity contribution in [3.63, 3.8) is 0 Å². The van der Waals surface area contributed by atoms with E-state index in [-0.39, 0.29) is 42.1 Å². The number of nitrogens with zero attached hydrogens (tertiary/aromatic N) is 8. The first-order valence-corrected chi connectivity index (χ1v) is 20.0. The second kappa shape index (κ2) is 16.6. The van der Waals surface area contributed by atoms with E-state index in [4.69, 9.17) is 0 Å². The molecule has 12 rings (SSSR count). The van der Waals surface area contributed by atoms with Gasteiger partial charge in [-0.15, -0.1) is 22.5 Å². The molecular weight excluding hydrogens is 1130 g/mol. The Morgan fingerprint density at radius 2 is 0.790 bits per heavy atom. The van der Waals surface area contributed by atoms with Gasteiger partial charge in [0.15, 0.2) is 0 Å². The number of hydrogen-bond acceptors (Lipinski definition) is 6. The molecule has 4 aliphatic rings. The van der Waals surface area contributed by atoms with Crippen molar-refractivity contribution in [2.45, 2.75) is 10.8 Å². The average Bonchev–Trinajstić information content (AvgIpc) is 4.17. The fourth-order valence-corrected chi connectivity index (χ4v) is 9.58. The second-order valence-electron chi connectivity index (χ2n) is 15.4. The van der Waals surface area contributed by atoms with Crippen molar-refractivity contribution in [3.05, 3.63) is 253 Å². The van der Waals surface area contributed by atoms with Crippen LogP contribution in [0.15, 0.2) is 183 Å². The van der Waals surface area contributed by atoms with Crippen molar-refractivity contribution < 1.29 is 42.1 Å². The number of hydrogen-bond donors (Lipinski definition) is 0. The molecule has 2 aliphatic heterocycles. The Labute approximate surface area is 391 Å². The van der Waals surface area contributed by atoms with E-state index in [1.165, 1.54) is 44.5 Å². The molecule has 0 saturated carbocycles. The molecule has 0 N–H and O–H groups in total. The van der Waals surface area contributed by atoms with Gasteiger partial charge in [0.2, 0.25) is 0 Å². The van der Waals surface area contributed by atoms with Crippen LogP contribution in [0.3, 0.4) is 0 Å². The Morgan fingerprint density at radius 1 is 0.435 bits per heavy atom. The van der Waals surface area contributed by atoms with E-state index < -0.39 is 10.8 Å². The van der Waals surface area contributed by atoms with Gasteiger partial charge in [-0.25, -0.2) is 0 Å². The third-order valence-corrected chi connectivity index (χ3v) is 12.1. The van der Waals surface area contributed by atoms with E-state index in [9.17, 15) is 0 Å². The standard InChI is InChI=1S/2C26H19N4.2Pt/c2*1-29-15-16-30(18-29)20-8-6-7-19(17-20)26(25-13-14-27-28-25)23-11-4-2-9-21(23)22-10-3-5-12-24(22)26;;/h2*2-16,18H,1H3;;/q2*-3;;. The first kappa shape index (κ1) is 41.2. The van der Waals surface area contributed by atoms with Crippen LogP contribution in [0.4, 0.5) is 11.4 Å². The molecule has 0 atom stereocenters. The maximum atomic E-state index is 4.57. The van der Waals surface area contributed by atoms with Crippen molar-refractivity contribution in [3.8, 4) is 22.3 Å². The Balaban J connectivity index is 0.000000153. The van der Waals surface area contributed by atoms with Gasteiger partial charge in [0, 0.05) is 53.5 Å². The predicted octanol–water partition coefficient (Wildman–Crippen LogP) is 9.08. The molecule has 0 spiro atoms. The molecule has 62 heavy (non-hydrogen) atoms. The molecule has 0 unspecified atom stereocenters. The molecule has 6 aromatic carbocycles. The summed E-state index contributed by atoms with van der Waals surface area (Å²) in [5, 5.41) is 17.5. The van der Waals surface area contributed by atoms with Gasteiger partial charge in [-0.2, -0.15) is 74.3 Å². The topological polar surface area (TPSA) is 66.9 Å². The molecular formula is C52H38N8Pt2-6. The molecule has 2 aromatic heterocycles. The number of aromatic nitrogens is 4. The van der Waals surface area contributed by atoms with Gasteiger partial charge in [-0.3, -0.25) is 0 Å². The maximum absolute atomic E-state index is 4.57. The zero-order chi connectivity index (χ0) is 40.3. The van der Waals surface area contributed by atoms with Crippen LogP contribution in [-0.2, 0) is 53.0 Å². The number of fused-ring (bicyclic) bond motifs is 6. The molecule has 8 aromatic rings. The van der Waals surface area contributed by atoms with Gasteiger partial charge in [0.1, 0.15) is 0 Å². The summed E-state index contributed by atoms with van der Waals surface area (Å²) in [6.45, 7) is 4.09. The number of anilines is 2. The Hall–Kier alpha value is -6.20. The summed E-state index contributed by atoms with van der Waals surface area (Å²) in [5.41, 5.74) is 14.7. The molecule has 2 aliphatic carbocycles. The minimum atomic E-state index is -0.547. The van der Waals surface area contributed by atoms with Crippen molar-refractivity contribution in [1.29, 1.82) is 0 Å². The van der Waals surface area contributed by atoms with Crippen LogP contribution in [0.1, 0.15) is 44.8 Å². The van der Waals surface area contributed by atoms with Gasteiger partial charge in [0.05, 0.1) is 10.8 Å². The minimum absolute atomic E-state index is 0. The monoisotopic (exact) mass is 1160 g/mol. The van der Waals surface area contributed by atoms with Gasteiger partial charge in [-0.1, -0.05) is 109 Å². The van der Waals surface area contributed by atoms with E-state index in [0.29, 0.717) is 0 Å². The van der Waals surface area contributed by atoms with Gasteiger partial charge < -0.3 is 40.0 Å². The zero-order valence-corrected chi connectivity index (χ0v) is 38.2. The molecule has 0 fully saturated rings. The first-order chi connectivity index (χ1) is 29.6. The minimum Gasteiger partial charge on any atom is -0.581 e. The van der Waals surface area contributed by atoms with Gasteiger partial charge in [0.25, 0.3) is 0 Å². The van der Waals surface area contributed by atoms with Crippen molar-refractivity contribution in [1.82, 2.24) is 30.2 Å². The summed E-state index contributed by atoms with van der Waals surface area (Å²) >= 11 is 0. The molecule has 0 bridgehead atoms. The summed E-state index contributed by atoms with van der Waals surface area (Å²) in [6, 6.07) is 58.6. The van der Waals surface area contributed by atoms with E-state index in [2.05, 4.69) is 176 Å². The van der Waals surface area contributed by atoms with Gasteiger partial charge in [-0.05, 0) is 83.4 Å². The van der Waals surface area contributed by atoms with Crippen molar-refractivity contribution >= 4 is 11.4 Å². The fourth-order valence-electron chi connectivity index (χ4n) is 9.58. The van der Waals surface area contributed by atoms with Crippen LogP contribution < -0.4 is 20.0 Å². The summed E-state index contributed by atoms with van der Waals surface area (Å²) < 4.78 is 0. The first-order valence-electron chi connectivity index (χ1n) is 20.0. The second-order valence-corrected chi connectivity index (χ2v) is 15.4. The summed E-state index contributed by atoms with van der Waals surface area (Å²) in [6.07, 6.45) is 11.7. The summed E-state index contributed by atoms with van der Waals surface area (Å²) in [4.78, 5) is 8.22. The number of rotatable bonds is 6. The average molecular weight is 1170 g/mol. The zero-order valence-electron chi connectivity index (χ0n) is 33.7. The Kier molecular flexibility index (Phi) is 11.0. The SMILES string of the molecule is CN1C=CN(c2[c-]c(C3(c4cc[n-]n4)c4ccccc4-c4ccccc43)ccc2)[CH-]1.CN1C=CN(c2[c-]c(C3(c4cc[n-]n4)c4ccccc4-c4ccccc43)ccc2)[CH-]1.[Pt].[Pt]. The van der Waals surface area contributed by atoms with Crippen LogP contribution in [0.25, 0.3) is 22.3 Å².